The van der Waals surface area contributed by atoms with Crippen LogP contribution >= 0.6 is 0 Å². The number of anilines is 2. The number of carbonyl (C=O) groups is 1. The SMILES string of the molecule is CC(C)(C)c1cc(NC(=O)Nc2cccc(Oc3ccccc3-c3ncnc4[nH]ncc34)c2)no1. The van der Waals surface area contributed by atoms with Crippen LogP contribution in [0.25, 0.3) is 22.3 Å². The third-order valence-corrected chi connectivity index (χ3v) is 5.20. The van der Waals surface area contributed by atoms with E-state index in [9.17, 15) is 4.79 Å². The number of nitrogens with one attached hydrogen (secondary N) is 3. The Hall–Kier alpha value is -4.73. The summed E-state index contributed by atoms with van der Waals surface area (Å²) in [5.41, 5.74) is 2.48. The molecule has 0 spiro atoms. The third kappa shape index (κ3) is 4.81. The van der Waals surface area contributed by atoms with E-state index in [1.165, 1.54) is 6.33 Å². The first kappa shape index (κ1) is 22.1. The molecule has 3 heterocycles. The molecule has 2 aromatic carbocycles. The predicted octanol–water partition coefficient (Wildman–Crippen LogP) is 5.74. The zero-order chi connectivity index (χ0) is 24.4. The summed E-state index contributed by atoms with van der Waals surface area (Å²) in [6, 6.07) is 15.9. The first-order valence-corrected chi connectivity index (χ1v) is 10.9. The van der Waals surface area contributed by atoms with Crippen LogP contribution in [0.4, 0.5) is 16.3 Å². The number of hydrogen-bond donors (Lipinski definition) is 3. The van der Waals surface area contributed by atoms with Crippen molar-refractivity contribution in [1.82, 2.24) is 25.3 Å². The van der Waals surface area contributed by atoms with Crippen LogP contribution in [0.1, 0.15) is 26.5 Å². The summed E-state index contributed by atoms with van der Waals surface area (Å²) in [6.45, 7) is 6.01. The van der Waals surface area contributed by atoms with Crippen LogP contribution in [0.3, 0.4) is 0 Å². The molecule has 5 aromatic rings. The van der Waals surface area contributed by atoms with Gasteiger partial charge in [0.05, 0.1) is 17.3 Å². The minimum Gasteiger partial charge on any atom is -0.457 e. The van der Waals surface area contributed by atoms with E-state index in [2.05, 4.69) is 36.0 Å². The van der Waals surface area contributed by atoms with Gasteiger partial charge in [0, 0.05) is 28.8 Å². The van der Waals surface area contributed by atoms with E-state index in [4.69, 9.17) is 9.26 Å². The molecule has 0 saturated carbocycles. The number of carbonyl (C=O) groups excluding carboxylic acids is 1. The van der Waals surface area contributed by atoms with Crippen molar-refractivity contribution in [2.45, 2.75) is 26.2 Å². The summed E-state index contributed by atoms with van der Waals surface area (Å²) >= 11 is 0. The zero-order valence-electron chi connectivity index (χ0n) is 19.4. The summed E-state index contributed by atoms with van der Waals surface area (Å²) in [5, 5.41) is 17.1. The predicted molar refractivity (Wildman–Crippen MR) is 131 cm³/mol. The van der Waals surface area contributed by atoms with Crippen molar-refractivity contribution >= 4 is 28.6 Å². The van der Waals surface area contributed by atoms with E-state index < -0.39 is 6.03 Å². The van der Waals surface area contributed by atoms with Gasteiger partial charge in [-0.3, -0.25) is 10.4 Å². The van der Waals surface area contributed by atoms with Crippen LogP contribution in [-0.2, 0) is 5.41 Å². The lowest BCUT2D eigenvalue weighted by molar-refractivity contribution is 0.262. The van der Waals surface area contributed by atoms with Crippen molar-refractivity contribution in [1.29, 1.82) is 0 Å². The Morgan fingerprint density at radius 1 is 1.03 bits per heavy atom. The Morgan fingerprint density at radius 2 is 1.89 bits per heavy atom. The highest BCUT2D eigenvalue weighted by molar-refractivity contribution is 5.99. The fourth-order valence-corrected chi connectivity index (χ4v) is 3.46. The van der Waals surface area contributed by atoms with E-state index in [0.717, 1.165) is 10.9 Å². The van der Waals surface area contributed by atoms with Crippen LogP contribution in [0, 0.1) is 0 Å². The van der Waals surface area contributed by atoms with Gasteiger partial charge in [-0.15, -0.1) is 0 Å². The molecule has 0 saturated heterocycles. The molecule has 0 bridgehead atoms. The fourth-order valence-electron chi connectivity index (χ4n) is 3.46. The van der Waals surface area contributed by atoms with E-state index in [-0.39, 0.29) is 5.41 Å². The van der Waals surface area contributed by atoms with Gasteiger partial charge >= 0.3 is 6.03 Å². The second-order valence-electron chi connectivity index (χ2n) is 8.89. The molecular formula is C25H23N7O3. The number of urea groups is 1. The number of rotatable bonds is 5. The Labute approximate surface area is 200 Å². The maximum absolute atomic E-state index is 12.5. The van der Waals surface area contributed by atoms with Gasteiger partial charge in [0.1, 0.15) is 23.6 Å². The van der Waals surface area contributed by atoms with Gasteiger partial charge in [-0.05, 0) is 24.3 Å². The van der Waals surface area contributed by atoms with E-state index in [1.807, 2.05) is 45.0 Å². The number of ether oxygens (including phenoxy) is 1. The number of aromatic nitrogens is 5. The Balaban J connectivity index is 1.33. The highest BCUT2D eigenvalue weighted by atomic mass is 16.5. The number of benzene rings is 2. The summed E-state index contributed by atoms with van der Waals surface area (Å²) in [5.74, 6) is 2.17. The van der Waals surface area contributed by atoms with Crippen LogP contribution in [0.2, 0.25) is 0 Å². The van der Waals surface area contributed by atoms with Crippen molar-refractivity contribution in [3.05, 3.63) is 72.9 Å². The minimum atomic E-state index is -0.445. The highest BCUT2D eigenvalue weighted by Crippen LogP contribution is 2.35. The van der Waals surface area contributed by atoms with Crippen molar-refractivity contribution in [3.8, 4) is 22.8 Å². The second-order valence-corrected chi connectivity index (χ2v) is 8.89. The molecular weight excluding hydrogens is 446 g/mol. The first-order chi connectivity index (χ1) is 16.9. The summed E-state index contributed by atoms with van der Waals surface area (Å²) in [4.78, 5) is 21.1. The Kier molecular flexibility index (Phi) is 5.61. The molecule has 3 N–H and O–H groups in total. The molecule has 0 aliphatic heterocycles. The molecule has 5 rings (SSSR count). The lowest BCUT2D eigenvalue weighted by atomic mass is 9.93. The van der Waals surface area contributed by atoms with Crippen molar-refractivity contribution in [2.75, 3.05) is 10.6 Å². The molecule has 176 valence electrons. The van der Waals surface area contributed by atoms with Crippen molar-refractivity contribution < 1.29 is 14.1 Å². The van der Waals surface area contributed by atoms with Crippen LogP contribution in [-0.4, -0.2) is 31.4 Å². The topological polar surface area (TPSA) is 131 Å². The van der Waals surface area contributed by atoms with Crippen LogP contribution < -0.4 is 15.4 Å². The molecule has 10 nitrogen and oxygen atoms in total. The molecule has 0 aliphatic rings. The number of aromatic amines is 1. The van der Waals surface area contributed by atoms with Crippen LogP contribution in [0.15, 0.2) is 71.6 Å². The monoisotopic (exact) mass is 469 g/mol. The third-order valence-electron chi connectivity index (χ3n) is 5.20. The number of fused-ring (bicyclic) bond motifs is 1. The molecule has 0 unspecified atom stereocenters. The molecule has 10 heteroatoms. The fraction of sp³-hybridized carbons (Fsp3) is 0.160. The van der Waals surface area contributed by atoms with E-state index in [1.54, 1.807) is 36.5 Å². The maximum Gasteiger partial charge on any atom is 0.324 e. The molecule has 0 fully saturated rings. The lowest BCUT2D eigenvalue weighted by Gasteiger charge is -2.12. The summed E-state index contributed by atoms with van der Waals surface area (Å²) in [7, 11) is 0. The van der Waals surface area contributed by atoms with Crippen LogP contribution in [0.5, 0.6) is 11.5 Å². The van der Waals surface area contributed by atoms with Gasteiger partial charge in [0.15, 0.2) is 11.5 Å². The van der Waals surface area contributed by atoms with Gasteiger partial charge in [0.2, 0.25) is 0 Å². The average Bonchev–Trinajstić information content (AvgIpc) is 3.49. The molecule has 0 atom stereocenters. The quantitative estimate of drug-likeness (QED) is 0.299. The Bertz CT molecular complexity index is 1500. The lowest BCUT2D eigenvalue weighted by Crippen LogP contribution is -2.19. The first-order valence-electron chi connectivity index (χ1n) is 10.9. The maximum atomic E-state index is 12.5. The standard InChI is InChI=1S/C25H23N7O3/c1-25(2,3)20-12-21(32-35-20)30-24(33)29-15-7-6-8-16(11-15)34-19-10-5-4-9-17(19)22-18-13-28-31-23(18)27-14-26-22/h4-14H,1-3H3,(H,26,27,28,31)(H2,29,30,32,33). The number of nitrogens with zero attached hydrogens (tertiary/aromatic N) is 4. The minimum absolute atomic E-state index is 0.208. The van der Waals surface area contributed by atoms with Gasteiger partial charge in [-0.2, -0.15) is 5.10 Å². The van der Waals surface area contributed by atoms with Gasteiger partial charge in [0.25, 0.3) is 0 Å². The average molecular weight is 470 g/mol. The van der Waals surface area contributed by atoms with Gasteiger partial charge < -0.3 is 14.6 Å². The molecule has 35 heavy (non-hydrogen) atoms. The van der Waals surface area contributed by atoms with E-state index >= 15 is 0 Å². The highest BCUT2D eigenvalue weighted by Gasteiger charge is 2.20. The summed E-state index contributed by atoms with van der Waals surface area (Å²) < 4.78 is 11.5. The smallest absolute Gasteiger partial charge is 0.324 e. The number of hydrogen-bond acceptors (Lipinski definition) is 7. The Morgan fingerprint density at radius 3 is 2.71 bits per heavy atom. The number of amides is 2. The van der Waals surface area contributed by atoms with Gasteiger partial charge in [-0.25, -0.2) is 14.8 Å². The second kappa shape index (κ2) is 8.90. The molecule has 0 aliphatic carbocycles. The number of para-hydroxylation sites is 1. The van der Waals surface area contributed by atoms with Gasteiger partial charge in [-0.1, -0.05) is 44.1 Å². The van der Waals surface area contributed by atoms with E-state index in [0.29, 0.717) is 40.1 Å². The normalized spacial score (nSPS) is 11.4. The molecule has 2 amide bonds. The molecule has 0 radical (unpaired) electrons. The largest absolute Gasteiger partial charge is 0.457 e. The van der Waals surface area contributed by atoms with Crippen molar-refractivity contribution in [2.24, 2.45) is 0 Å². The molecule has 3 aromatic heterocycles. The van der Waals surface area contributed by atoms with Crippen molar-refractivity contribution in [3.63, 3.8) is 0 Å². The number of H-pyrrole nitrogens is 1. The zero-order valence-corrected chi connectivity index (χ0v) is 19.4. The summed E-state index contributed by atoms with van der Waals surface area (Å²) in [6.07, 6.45) is 3.17.